The predicted octanol–water partition coefficient (Wildman–Crippen LogP) is 4.08. The third-order valence-corrected chi connectivity index (χ3v) is 4.25. The van der Waals surface area contributed by atoms with E-state index in [2.05, 4.69) is 13.0 Å². The van der Waals surface area contributed by atoms with E-state index in [0.717, 1.165) is 23.2 Å². The Labute approximate surface area is 137 Å². The van der Waals surface area contributed by atoms with Crippen LogP contribution >= 0.6 is 12.4 Å². The average molecular weight is 318 g/mol. The van der Waals surface area contributed by atoms with E-state index < -0.39 is 12.0 Å². The van der Waals surface area contributed by atoms with Gasteiger partial charge in [0.1, 0.15) is 6.04 Å². The van der Waals surface area contributed by atoms with Gasteiger partial charge in [-0.15, -0.1) is 12.4 Å². The molecule has 3 nitrogen and oxygen atoms in total. The van der Waals surface area contributed by atoms with Crippen molar-refractivity contribution in [2.75, 3.05) is 4.90 Å². The summed E-state index contributed by atoms with van der Waals surface area (Å²) in [6.45, 7) is 2.69. The first kappa shape index (κ1) is 16.4. The lowest BCUT2D eigenvalue weighted by molar-refractivity contribution is -0.139. The van der Waals surface area contributed by atoms with Gasteiger partial charge in [-0.05, 0) is 23.6 Å². The van der Waals surface area contributed by atoms with Crippen molar-refractivity contribution in [2.24, 2.45) is 0 Å². The molecule has 1 heterocycles. The number of hydrogen-bond acceptors (Lipinski definition) is 2. The summed E-state index contributed by atoms with van der Waals surface area (Å²) in [5.41, 5.74) is 3.35. The van der Waals surface area contributed by atoms with Crippen molar-refractivity contribution in [1.82, 2.24) is 0 Å². The maximum atomic E-state index is 11.8. The molecule has 0 saturated carbocycles. The second-order valence-corrected chi connectivity index (χ2v) is 5.47. The summed E-state index contributed by atoms with van der Waals surface area (Å²) in [5.74, 6) is -0.684. The van der Waals surface area contributed by atoms with Gasteiger partial charge in [0.15, 0.2) is 0 Å². The predicted molar refractivity (Wildman–Crippen MR) is 90.8 cm³/mol. The maximum absolute atomic E-state index is 11.8. The Morgan fingerprint density at radius 3 is 2.36 bits per heavy atom. The molecule has 22 heavy (non-hydrogen) atoms. The summed E-state index contributed by atoms with van der Waals surface area (Å²) in [6, 6.07) is 17.6. The third-order valence-electron chi connectivity index (χ3n) is 4.25. The van der Waals surface area contributed by atoms with E-state index in [4.69, 9.17) is 0 Å². The topological polar surface area (TPSA) is 40.5 Å². The molecule has 2 aromatic carbocycles. The second kappa shape index (κ2) is 6.84. The SMILES string of the molecule is CCC1c2ccccc2N(Cc2ccccc2)C1C(=O)O.Cl. The van der Waals surface area contributed by atoms with Crippen LogP contribution < -0.4 is 4.90 Å². The maximum Gasteiger partial charge on any atom is 0.326 e. The molecular weight excluding hydrogens is 298 g/mol. The Kier molecular flexibility index (Phi) is 5.09. The standard InChI is InChI=1S/C18H19NO2.ClH/c1-2-14-15-10-6-7-11-16(15)19(17(14)18(20)21)12-13-8-4-3-5-9-13;/h3-11,14,17H,2,12H2,1H3,(H,20,21);1H. The van der Waals surface area contributed by atoms with Gasteiger partial charge in [0.05, 0.1) is 0 Å². The van der Waals surface area contributed by atoms with Crippen LogP contribution in [-0.4, -0.2) is 17.1 Å². The highest BCUT2D eigenvalue weighted by Gasteiger charge is 2.41. The first-order valence-corrected chi connectivity index (χ1v) is 7.34. The lowest BCUT2D eigenvalue weighted by Crippen LogP contribution is -2.40. The average Bonchev–Trinajstić information content (AvgIpc) is 2.82. The Hall–Kier alpha value is -2.00. The lowest BCUT2D eigenvalue weighted by atomic mass is 9.92. The van der Waals surface area contributed by atoms with Crippen LogP contribution in [0.2, 0.25) is 0 Å². The number of fused-ring (bicyclic) bond motifs is 1. The molecule has 1 aliphatic heterocycles. The molecule has 2 aromatic rings. The highest BCUT2D eigenvalue weighted by Crippen LogP contribution is 2.43. The molecule has 1 N–H and O–H groups in total. The van der Waals surface area contributed by atoms with Crippen LogP contribution in [0.15, 0.2) is 54.6 Å². The first-order chi connectivity index (χ1) is 10.2. The molecule has 2 unspecified atom stereocenters. The van der Waals surface area contributed by atoms with Crippen molar-refractivity contribution in [3.8, 4) is 0 Å². The molecule has 0 aliphatic carbocycles. The van der Waals surface area contributed by atoms with Crippen LogP contribution in [0.25, 0.3) is 0 Å². The minimum Gasteiger partial charge on any atom is -0.480 e. The number of nitrogens with zero attached hydrogens (tertiary/aromatic N) is 1. The lowest BCUT2D eigenvalue weighted by Gasteiger charge is -2.27. The van der Waals surface area contributed by atoms with Crippen LogP contribution in [0.5, 0.6) is 0 Å². The fraction of sp³-hybridized carbons (Fsp3) is 0.278. The van der Waals surface area contributed by atoms with E-state index in [1.165, 1.54) is 0 Å². The molecule has 0 radical (unpaired) electrons. The number of carboxylic acid groups (broad SMARTS) is 1. The smallest absolute Gasteiger partial charge is 0.326 e. The van der Waals surface area contributed by atoms with Crippen LogP contribution in [0.4, 0.5) is 5.69 Å². The molecule has 0 fully saturated rings. The van der Waals surface area contributed by atoms with Crippen molar-refractivity contribution in [2.45, 2.75) is 31.8 Å². The van der Waals surface area contributed by atoms with Gasteiger partial charge in [0, 0.05) is 18.2 Å². The van der Waals surface area contributed by atoms with Crippen molar-refractivity contribution in [3.05, 3.63) is 65.7 Å². The molecule has 0 amide bonds. The number of rotatable bonds is 4. The van der Waals surface area contributed by atoms with Gasteiger partial charge in [-0.3, -0.25) is 0 Å². The molecule has 4 heteroatoms. The van der Waals surface area contributed by atoms with Gasteiger partial charge in [-0.2, -0.15) is 0 Å². The van der Waals surface area contributed by atoms with E-state index in [-0.39, 0.29) is 18.3 Å². The molecule has 1 aliphatic rings. The number of aliphatic carboxylic acids is 1. The van der Waals surface area contributed by atoms with Gasteiger partial charge in [-0.1, -0.05) is 55.5 Å². The highest BCUT2D eigenvalue weighted by molar-refractivity contribution is 5.85. The van der Waals surface area contributed by atoms with Gasteiger partial charge >= 0.3 is 5.97 Å². The Bertz CT molecular complexity index is 645. The van der Waals surface area contributed by atoms with Crippen molar-refractivity contribution >= 4 is 24.1 Å². The van der Waals surface area contributed by atoms with E-state index in [1.807, 2.05) is 53.4 Å². The molecule has 0 aromatic heterocycles. The number of halogens is 1. The summed E-state index contributed by atoms with van der Waals surface area (Å²) in [6.07, 6.45) is 0.833. The highest BCUT2D eigenvalue weighted by atomic mass is 35.5. The zero-order valence-corrected chi connectivity index (χ0v) is 13.3. The first-order valence-electron chi connectivity index (χ1n) is 7.34. The summed E-state index contributed by atoms with van der Waals surface area (Å²) in [5, 5.41) is 9.69. The molecule has 3 rings (SSSR count). The quantitative estimate of drug-likeness (QED) is 0.924. The zero-order valence-electron chi connectivity index (χ0n) is 12.5. The number of carbonyl (C=O) groups is 1. The molecule has 2 atom stereocenters. The van der Waals surface area contributed by atoms with E-state index in [0.29, 0.717) is 6.54 Å². The fourth-order valence-electron chi connectivity index (χ4n) is 3.31. The minimum atomic E-state index is -0.742. The number of anilines is 1. The number of para-hydroxylation sites is 1. The van der Waals surface area contributed by atoms with Gasteiger partial charge in [-0.25, -0.2) is 4.79 Å². The zero-order chi connectivity index (χ0) is 14.8. The van der Waals surface area contributed by atoms with Gasteiger partial charge in [0.25, 0.3) is 0 Å². The van der Waals surface area contributed by atoms with E-state index >= 15 is 0 Å². The van der Waals surface area contributed by atoms with E-state index in [1.54, 1.807) is 0 Å². The molecule has 116 valence electrons. The molecule has 0 saturated heterocycles. The van der Waals surface area contributed by atoms with E-state index in [9.17, 15) is 9.90 Å². The van der Waals surface area contributed by atoms with Crippen LogP contribution in [0.1, 0.15) is 30.4 Å². The second-order valence-electron chi connectivity index (χ2n) is 5.47. The summed E-state index contributed by atoms with van der Waals surface area (Å²) >= 11 is 0. The third kappa shape index (κ3) is 2.81. The normalized spacial score (nSPS) is 19.4. The molecular formula is C18H20ClNO2. The Morgan fingerprint density at radius 2 is 1.73 bits per heavy atom. The van der Waals surface area contributed by atoms with Crippen LogP contribution in [-0.2, 0) is 11.3 Å². The van der Waals surface area contributed by atoms with Gasteiger partial charge in [0.2, 0.25) is 0 Å². The minimum absolute atomic E-state index is 0. The Balaban J connectivity index is 0.00000176. The molecule has 0 spiro atoms. The number of hydrogen-bond donors (Lipinski definition) is 1. The monoisotopic (exact) mass is 317 g/mol. The summed E-state index contributed by atoms with van der Waals surface area (Å²) < 4.78 is 0. The summed E-state index contributed by atoms with van der Waals surface area (Å²) in [7, 11) is 0. The van der Waals surface area contributed by atoms with Crippen LogP contribution in [0.3, 0.4) is 0 Å². The van der Waals surface area contributed by atoms with Crippen LogP contribution in [0, 0.1) is 0 Å². The van der Waals surface area contributed by atoms with Gasteiger partial charge < -0.3 is 10.0 Å². The van der Waals surface area contributed by atoms with Crippen molar-refractivity contribution < 1.29 is 9.90 Å². The van der Waals surface area contributed by atoms with Crippen molar-refractivity contribution in [1.29, 1.82) is 0 Å². The fourth-order valence-corrected chi connectivity index (χ4v) is 3.31. The van der Waals surface area contributed by atoms with Crippen molar-refractivity contribution in [3.63, 3.8) is 0 Å². The number of benzene rings is 2. The Morgan fingerprint density at radius 1 is 1.09 bits per heavy atom. The summed E-state index contributed by atoms with van der Waals surface area (Å²) in [4.78, 5) is 13.8. The largest absolute Gasteiger partial charge is 0.480 e. The molecule has 0 bridgehead atoms. The number of carboxylic acids is 1.